The third kappa shape index (κ3) is 5.42. The molecule has 1 aliphatic carbocycles. The van der Waals surface area contributed by atoms with E-state index in [2.05, 4.69) is 190 Å². The largest absolute Gasteiger partial charge is 0.333 e. The number of rotatable bonds is 2. The number of nitrogens with zero attached hydrogens (tertiary/aromatic N) is 2. The lowest BCUT2D eigenvalue weighted by atomic mass is 9.77. The van der Waals surface area contributed by atoms with Crippen LogP contribution in [0.2, 0.25) is 0 Å². The summed E-state index contributed by atoms with van der Waals surface area (Å²) in [6.07, 6.45) is 7.38. The van der Waals surface area contributed by atoms with Crippen molar-refractivity contribution in [3.05, 3.63) is 125 Å². The van der Waals surface area contributed by atoms with Crippen LogP contribution in [0.15, 0.2) is 103 Å². The number of hydrogen-bond donors (Lipinski definition) is 0. The van der Waals surface area contributed by atoms with Crippen molar-refractivity contribution in [1.29, 1.82) is 0 Å². The van der Waals surface area contributed by atoms with Gasteiger partial charge in [-0.25, -0.2) is 0 Å². The molecule has 0 amide bonds. The van der Waals surface area contributed by atoms with Gasteiger partial charge in [0.15, 0.2) is 0 Å². The summed E-state index contributed by atoms with van der Waals surface area (Å²) in [5.74, 6) is 0.310. The molecule has 0 radical (unpaired) electrons. The molecule has 0 N–H and O–H groups in total. The van der Waals surface area contributed by atoms with E-state index in [1.54, 1.807) is 0 Å². The zero-order valence-electron chi connectivity index (χ0n) is 31.3. The number of fused-ring (bicyclic) bond motifs is 6. The second-order valence-electron chi connectivity index (χ2n) is 18.5. The van der Waals surface area contributed by atoms with Crippen LogP contribution in [0.3, 0.4) is 0 Å². The van der Waals surface area contributed by atoms with E-state index >= 15 is 0 Å². The number of allylic oxidation sites excluding steroid dienone is 2. The van der Waals surface area contributed by atoms with Gasteiger partial charge in [0.05, 0.1) is 17.1 Å². The van der Waals surface area contributed by atoms with Gasteiger partial charge < -0.3 is 9.47 Å². The summed E-state index contributed by atoms with van der Waals surface area (Å²) in [5.41, 5.74) is 13.6. The van der Waals surface area contributed by atoms with E-state index in [0.29, 0.717) is 5.92 Å². The number of aromatic nitrogens is 1. The highest BCUT2D eigenvalue weighted by molar-refractivity contribution is 6.10. The molecule has 0 saturated carbocycles. The molecule has 1 aromatic heterocycles. The Kier molecular flexibility index (Phi) is 7.27. The highest BCUT2D eigenvalue weighted by Crippen LogP contribution is 2.51. The van der Waals surface area contributed by atoms with Crippen molar-refractivity contribution in [2.75, 3.05) is 4.90 Å². The summed E-state index contributed by atoms with van der Waals surface area (Å²) < 4.78 is 2.48. The van der Waals surface area contributed by atoms with Gasteiger partial charge in [-0.2, -0.15) is 0 Å². The molecule has 2 heteroatoms. The van der Waals surface area contributed by atoms with E-state index in [0.717, 1.165) is 0 Å². The standard InChI is InChI=1S/C46H54N2/c1-43(2,3)29-16-20-39-35(24-29)36-25-30(44(4,5)6)17-21-40(36)47(39)33-14-13-15-34(28-33)48-41-22-18-31(45(7,8)9)26-37(41)38-27-32(46(10,11)12)19-23-42(38)48/h13-28,35,39H,1-12H3. The minimum absolute atomic E-state index is 0.0749. The summed E-state index contributed by atoms with van der Waals surface area (Å²) in [7, 11) is 0. The molecular formula is C46H54N2. The van der Waals surface area contributed by atoms with Gasteiger partial charge in [-0.1, -0.05) is 132 Å². The van der Waals surface area contributed by atoms with Gasteiger partial charge in [-0.15, -0.1) is 0 Å². The van der Waals surface area contributed by atoms with Crippen LogP contribution < -0.4 is 4.90 Å². The van der Waals surface area contributed by atoms with Crippen LogP contribution >= 0.6 is 0 Å². The maximum absolute atomic E-state index is 2.59. The zero-order chi connectivity index (χ0) is 34.6. The Balaban J connectivity index is 1.42. The Morgan fingerprint density at radius 1 is 0.521 bits per heavy atom. The third-order valence-electron chi connectivity index (χ3n) is 10.7. The number of hydrogen-bond acceptors (Lipinski definition) is 1. The minimum atomic E-state index is 0.0749. The molecule has 2 heterocycles. The molecular weight excluding hydrogens is 581 g/mol. The second kappa shape index (κ2) is 10.7. The molecule has 0 spiro atoms. The Bertz CT molecular complexity index is 2050. The first-order valence-electron chi connectivity index (χ1n) is 17.9. The molecule has 1 aliphatic heterocycles. The van der Waals surface area contributed by atoms with Crippen LogP contribution in [0.5, 0.6) is 0 Å². The fourth-order valence-corrected chi connectivity index (χ4v) is 7.69. The Morgan fingerprint density at radius 3 is 1.58 bits per heavy atom. The molecule has 2 aliphatic rings. The lowest BCUT2D eigenvalue weighted by Crippen LogP contribution is -2.30. The molecule has 2 nitrogen and oxygen atoms in total. The lowest BCUT2D eigenvalue weighted by molar-refractivity contribution is 0.507. The van der Waals surface area contributed by atoms with Gasteiger partial charge in [-0.3, -0.25) is 0 Å². The molecule has 2 unspecified atom stereocenters. The third-order valence-corrected chi connectivity index (χ3v) is 10.7. The van der Waals surface area contributed by atoms with Crippen LogP contribution in [0, 0.1) is 5.41 Å². The molecule has 4 aromatic carbocycles. The van der Waals surface area contributed by atoms with Crippen LogP contribution in [-0.4, -0.2) is 10.6 Å². The fraction of sp³-hybridized carbons (Fsp3) is 0.391. The molecule has 0 fully saturated rings. The van der Waals surface area contributed by atoms with E-state index in [-0.39, 0.29) is 27.7 Å². The quantitative estimate of drug-likeness (QED) is 0.188. The second-order valence-corrected chi connectivity index (χ2v) is 18.5. The summed E-state index contributed by atoms with van der Waals surface area (Å²) >= 11 is 0. The van der Waals surface area contributed by atoms with Gasteiger partial charge in [0.2, 0.25) is 0 Å². The van der Waals surface area contributed by atoms with Crippen LogP contribution in [0.4, 0.5) is 11.4 Å². The Morgan fingerprint density at radius 2 is 1.04 bits per heavy atom. The highest BCUT2D eigenvalue weighted by Gasteiger charge is 2.40. The van der Waals surface area contributed by atoms with Crippen LogP contribution in [0.1, 0.15) is 111 Å². The monoisotopic (exact) mass is 634 g/mol. The predicted molar refractivity (Wildman–Crippen MR) is 209 cm³/mol. The SMILES string of the molecule is CC(C)(C)C1=CC2c3cc(C(C)(C)C)ccc3N(c3cccc(-n4c5ccc(C(C)(C)C)cc5c5cc(C(C)(C)C)ccc54)c3)C2C=C1. The lowest BCUT2D eigenvalue weighted by Gasteiger charge is -2.32. The molecule has 48 heavy (non-hydrogen) atoms. The smallest absolute Gasteiger partial charge is 0.0629 e. The van der Waals surface area contributed by atoms with Gasteiger partial charge in [0.1, 0.15) is 0 Å². The van der Waals surface area contributed by atoms with Crippen molar-refractivity contribution in [2.45, 2.75) is 111 Å². The van der Waals surface area contributed by atoms with E-state index in [1.165, 1.54) is 66.7 Å². The zero-order valence-corrected chi connectivity index (χ0v) is 31.3. The number of benzene rings is 4. The average molecular weight is 635 g/mol. The maximum Gasteiger partial charge on any atom is 0.0629 e. The summed E-state index contributed by atoms with van der Waals surface area (Å²) in [6, 6.07) is 30.9. The first kappa shape index (κ1) is 32.5. The van der Waals surface area contributed by atoms with E-state index in [1.807, 2.05) is 0 Å². The molecule has 0 saturated heterocycles. The van der Waals surface area contributed by atoms with Crippen LogP contribution in [0.25, 0.3) is 27.5 Å². The van der Waals surface area contributed by atoms with E-state index < -0.39 is 0 Å². The summed E-state index contributed by atoms with van der Waals surface area (Å²) in [6.45, 7) is 27.8. The van der Waals surface area contributed by atoms with Crippen molar-refractivity contribution in [2.24, 2.45) is 5.41 Å². The van der Waals surface area contributed by atoms with Crippen molar-refractivity contribution < 1.29 is 0 Å². The van der Waals surface area contributed by atoms with Crippen molar-refractivity contribution in [1.82, 2.24) is 4.57 Å². The Hall–Kier alpha value is -4.04. The molecule has 7 rings (SSSR count). The highest BCUT2D eigenvalue weighted by atomic mass is 15.2. The molecule has 0 bridgehead atoms. The van der Waals surface area contributed by atoms with Gasteiger partial charge in [0, 0.05) is 33.8 Å². The minimum Gasteiger partial charge on any atom is -0.333 e. The first-order valence-corrected chi connectivity index (χ1v) is 17.9. The predicted octanol–water partition coefficient (Wildman–Crippen LogP) is 12.8. The first-order chi connectivity index (χ1) is 22.3. The van der Waals surface area contributed by atoms with E-state index in [9.17, 15) is 0 Å². The fourth-order valence-electron chi connectivity index (χ4n) is 7.69. The molecule has 5 aromatic rings. The van der Waals surface area contributed by atoms with Gasteiger partial charge in [-0.05, 0) is 98.0 Å². The Labute approximate surface area is 289 Å². The van der Waals surface area contributed by atoms with Gasteiger partial charge in [0.25, 0.3) is 0 Å². The topological polar surface area (TPSA) is 8.17 Å². The van der Waals surface area contributed by atoms with Crippen LogP contribution in [-0.2, 0) is 16.2 Å². The van der Waals surface area contributed by atoms with Crippen molar-refractivity contribution in [3.8, 4) is 5.69 Å². The van der Waals surface area contributed by atoms with E-state index in [4.69, 9.17) is 0 Å². The maximum atomic E-state index is 2.59. The average Bonchev–Trinajstić information content (AvgIpc) is 3.50. The van der Waals surface area contributed by atoms with Gasteiger partial charge >= 0.3 is 0 Å². The molecule has 2 atom stereocenters. The summed E-state index contributed by atoms with van der Waals surface area (Å²) in [5, 5.41) is 2.65. The summed E-state index contributed by atoms with van der Waals surface area (Å²) in [4.78, 5) is 2.59. The van der Waals surface area contributed by atoms with Crippen molar-refractivity contribution >= 4 is 33.2 Å². The number of anilines is 2. The van der Waals surface area contributed by atoms with Crippen molar-refractivity contribution in [3.63, 3.8) is 0 Å². The normalized spacial score (nSPS) is 18.4. The molecule has 248 valence electrons.